The summed E-state index contributed by atoms with van der Waals surface area (Å²) in [5, 5.41) is 0. The Morgan fingerprint density at radius 3 is 2.46 bits per heavy atom. The molecule has 2 N–H and O–H groups in total. The summed E-state index contributed by atoms with van der Waals surface area (Å²) < 4.78 is 0. The molecule has 0 saturated carbocycles. The minimum atomic E-state index is 0.744. The molecular formula is C11H18N2. The highest BCUT2D eigenvalue weighted by Gasteiger charge is 2.05. The molecule has 0 atom stereocenters. The number of pyridine rings is 1. The fourth-order valence-corrected chi connectivity index (χ4v) is 1.43. The second kappa shape index (κ2) is 4.85. The van der Waals surface area contributed by atoms with Crippen LogP contribution in [0, 0.1) is 5.92 Å². The van der Waals surface area contributed by atoms with Crippen molar-refractivity contribution >= 4 is 5.69 Å². The Balaban J connectivity index is 2.58. The Bertz CT molecular complexity index is 237. The second-order valence-electron chi connectivity index (χ2n) is 3.47. The summed E-state index contributed by atoms with van der Waals surface area (Å²) >= 11 is 0. The van der Waals surface area contributed by atoms with Crippen molar-refractivity contribution in [2.24, 2.45) is 5.92 Å². The van der Waals surface area contributed by atoms with E-state index in [1.807, 2.05) is 12.1 Å². The van der Waals surface area contributed by atoms with Gasteiger partial charge in [-0.2, -0.15) is 0 Å². The highest BCUT2D eigenvalue weighted by molar-refractivity contribution is 5.34. The zero-order valence-electron chi connectivity index (χ0n) is 8.46. The molecule has 1 rings (SSSR count). The minimum Gasteiger partial charge on any atom is -0.397 e. The van der Waals surface area contributed by atoms with Crippen LogP contribution in [0.5, 0.6) is 0 Å². The van der Waals surface area contributed by atoms with Gasteiger partial charge in [-0.1, -0.05) is 26.7 Å². The number of nitrogens with zero attached hydrogens (tertiary/aromatic N) is 1. The molecule has 0 aliphatic heterocycles. The third-order valence-electron chi connectivity index (χ3n) is 2.50. The summed E-state index contributed by atoms with van der Waals surface area (Å²) in [6.07, 6.45) is 5.26. The lowest BCUT2D eigenvalue weighted by Crippen LogP contribution is -2.03. The quantitative estimate of drug-likeness (QED) is 0.769. The van der Waals surface area contributed by atoms with Crippen molar-refractivity contribution in [3.8, 4) is 0 Å². The van der Waals surface area contributed by atoms with E-state index in [0.717, 1.165) is 23.7 Å². The van der Waals surface area contributed by atoms with Crippen LogP contribution in [0.25, 0.3) is 0 Å². The Morgan fingerprint density at radius 2 is 2.00 bits per heavy atom. The molecule has 72 valence electrons. The second-order valence-corrected chi connectivity index (χ2v) is 3.47. The van der Waals surface area contributed by atoms with Gasteiger partial charge in [0.25, 0.3) is 0 Å². The summed E-state index contributed by atoms with van der Waals surface area (Å²) in [6.45, 7) is 4.46. The van der Waals surface area contributed by atoms with Crippen LogP contribution in [0.3, 0.4) is 0 Å². The van der Waals surface area contributed by atoms with Gasteiger partial charge in [0.15, 0.2) is 0 Å². The summed E-state index contributed by atoms with van der Waals surface area (Å²) in [5.41, 5.74) is 7.46. The zero-order valence-corrected chi connectivity index (χ0v) is 8.46. The summed E-state index contributed by atoms with van der Waals surface area (Å²) in [7, 11) is 0. The third-order valence-corrected chi connectivity index (χ3v) is 2.50. The number of rotatable bonds is 4. The monoisotopic (exact) mass is 178 g/mol. The van der Waals surface area contributed by atoms with Crippen molar-refractivity contribution in [1.29, 1.82) is 0 Å². The molecule has 0 unspecified atom stereocenters. The van der Waals surface area contributed by atoms with Crippen LogP contribution in [0.4, 0.5) is 5.69 Å². The van der Waals surface area contributed by atoms with Gasteiger partial charge in [0.05, 0.1) is 11.9 Å². The van der Waals surface area contributed by atoms with E-state index in [0.29, 0.717) is 0 Å². The molecule has 1 aromatic heterocycles. The molecule has 0 fully saturated rings. The number of hydrogen-bond acceptors (Lipinski definition) is 2. The summed E-state index contributed by atoms with van der Waals surface area (Å²) in [4.78, 5) is 4.29. The van der Waals surface area contributed by atoms with Crippen molar-refractivity contribution in [1.82, 2.24) is 4.98 Å². The van der Waals surface area contributed by atoms with Gasteiger partial charge < -0.3 is 5.73 Å². The Kier molecular flexibility index (Phi) is 3.74. The third kappa shape index (κ3) is 3.05. The van der Waals surface area contributed by atoms with Crippen LogP contribution in [-0.4, -0.2) is 4.98 Å². The highest BCUT2D eigenvalue weighted by Crippen LogP contribution is 2.14. The average Bonchev–Trinajstić information content (AvgIpc) is 2.17. The van der Waals surface area contributed by atoms with Gasteiger partial charge in [-0.15, -0.1) is 0 Å². The standard InChI is InChI=1S/C11H18N2/c1-3-9(4-2)7-11-6-5-10(12)8-13-11/h5-6,8-9H,3-4,7,12H2,1-2H3. The lowest BCUT2D eigenvalue weighted by molar-refractivity contribution is 0.485. The number of hydrogen-bond donors (Lipinski definition) is 1. The van der Waals surface area contributed by atoms with Gasteiger partial charge in [0, 0.05) is 5.69 Å². The molecule has 2 nitrogen and oxygen atoms in total. The summed E-state index contributed by atoms with van der Waals surface area (Å²) in [6, 6.07) is 3.94. The van der Waals surface area contributed by atoms with Crippen molar-refractivity contribution < 1.29 is 0 Å². The maximum absolute atomic E-state index is 5.56. The molecular weight excluding hydrogens is 160 g/mol. The maximum Gasteiger partial charge on any atom is 0.0501 e. The van der Waals surface area contributed by atoms with E-state index in [1.54, 1.807) is 6.20 Å². The summed E-state index contributed by atoms with van der Waals surface area (Å²) in [5.74, 6) is 0.760. The molecule has 0 radical (unpaired) electrons. The lowest BCUT2D eigenvalue weighted by Gasteiger charge is -2.10. The molecule has 0 saturated heterocycles. The molecule has 0 spiro atoms. The van der Waals surface area contributed by atoms with E-state index in [-0.39, 0.29) is 0 Å². The van der Waals surface area contributed by atoms with Crippen molar-refractivity contribution in [2.45, 2.75) is 33.1 Å². The number of nitrogens with two attached hydrogens (primary N) is 1. The molecule has 2 heteroatoms. The predicted molar refractivity (Wildman–Crippen MR) is 56.4 cm³/mol. The van der Waals surface area contributed by atoms with Gasteiger partial charge in [-0.25, -0.2) is 0 Å². The van der Waals surface area contributed by atoms with Crippen LogP contribution in [0.15, 0.2) is 18.3 Å². The van der Waals surface area contributed by atoms with Crippen molar-refractivity contribution in [2.75, 3.05) is 5.73 Å². The predicted octanol–water partition coefficient (Wildman–Crippen LogP) is 2.64. The molecule has 0 aromatic carbocycles. The lowest BCUT2D eigenvalue weighted by atomic mass is 9.97. The van der Waals surface area contributed by atoms with Crippen LogP contribution < -0.4 is 5.73 Å². The average molecular weight is 178 g/mol. The van der Waals surface area contributed by atoms with E-state index in [9.17, 15) is 0 Å². The molecule has 0 amide bonds. The fourth-order valence-electron chi connectivity index (χ4n) is 1.43. The van der Waals surface area contributed by atoms with Crippen LogP contribution in [0.1, 0.15) is 32.4 Å². The first-order valence-corrected chi connectivity index (χ1v) is 4.96. The Hall–Kier alpha value is -1.05. The van der Waals surface area contributed by atoms with Gasteiger partial charge >= 0.3 is 0 Å². The van der Waals surface area contributed by atoms with Crippen LogP contribution in [-0.2, 0) is 6.42 Å². The van der Waals surface area contributed by atoms with E-state index in [1.165, 1.54) is 12.8 Å². The van der Waals surface area contributed by atoms with Gasteiger partial charge in [-0.3, -0.25) is 4.98 Å². The topological polar surface area (TPSA) is 38.9 Å². The Morgan fingerprint density at radius 1 is 1.31 bits per heavy atom. The first kappa shape index (κ1) is 10.0. The molecule has 0 aliphatic rings. The number of nitrogen functional groups attached to an aromatic ring is 1. The van der Waals surface area contributed by atoms with Gasteiger partial charge in [-0.05, 0) is 24.5 Å². The number of anilines is 1. The number of aromatic nitrogens is 1. The molecule has 13 heavy (non-hydrogen) atoms. The molecule has 0 aliphatic carbocycles. The minimum absolute atomic E-state index is 0.744. The van der Waals surface area contributed by atoms with E-state index in [4.69, 9.17) is 5.73 Å². The SMILES string of the molecule is CCC(CC)Cc1ccc(N)cn1. The Labute approximate surface area is 80.2 Å². The van der Waals surface area contributed by atoms with Crippen molar-refractivity contribution in [3.05, 3.63) is 24.0 Å². The molecule has 1 aromatic rings. The molecule has 1 heterocycles. The van der Waals surface area contributed by atoms with Gasteiger partial charge in [0.1, 0.15) is 0 Å². The normalized spacial score (nSPS) is 10.7. The maximum atomic E-state index is 5.56. The van der Waals surface area contributed by atoms with Crippen molar-refractivity contribution in [3.63, 3.8) is 0 Å². The van der Waals surface area contributed by atoms with Crippen LogP contribution >= 0.6 is 0 Å². The van der Waals surface area contributed by atoms with Gasteiger partial charge in [0.2, 0.25) is 0 Å². The first-order valence-electron chi connectivity index (χ1n) is 4.96. The highest BCUT2D eigenvalue weighted by atomic mass is 14.7. The largest absolute Gasteiger partial charge is 0.397 e. The molecule has 0 bridgehead atoms. The van der Waals surface area contributed by atoms with E-state index < -0.39 is 0 Å². The van der Waals surface area contributed by atoms with Crippen LogP contribution in [0.2, 0.25) is 0 Å². The zero-order chi connectivity index (χ0) is 9.68. The smallest absolute Gasteiger partial charge is 0.0501 e. The first-order chi connectivity index (χ1) is 6.26. The van der Waals surface area contributed by atoms with E-state index in [2.05, 4.69) is 18.8 Å². The fraction of sp³-hybridized carbons (Fsp3) is 0.545. The van der Waals surface area contributed by atoms with E-state index >= 15 is 0 Å².